The number of Topliss-reactive ketones (excluding diaryl/α,β-unsaturated/α-hetero) is 1. The predicted octanol–water partition coefficient (Wildman–Crippen LogP) is 2.98. The Labute approximate surface area is 111 Å². The molecule has 0 spiro atoms. The van der Waals surface area contributed by atoms with Crippen LogP contribution < -0.4 is 0 Å². The van der Waals surface area contributed by atoms with E-state index >= 15 is 0 Å². The SMILES string of the molecule is CCCOCCOC(C)C(=O)c1ccc(F)cc1F. The van der Waals surface area contributed by atoms with E-state index < -0.39 is 23.5 Å². The molecule has 0 saturated carbocycles. The summed E-state index contributed by atoms with van der Waals surface area (Å²) in [6, 6.07) is 2.86. The Balaban J connectivity index is 2.47. The highest BCUT2D eigenvalue weighted by atomic mass is 19.1. The van der Waals surface area contributed by atoms with Crippen LogP contribution in [0.2, 0.25) is 0 Å². The Morgan fingerprint density at radius 1 is 1.26 bits per heavy atom. The zero-order chi connectivity index (χ0) is 14.3. The van der Waals surface area contributed by atoms with Crippen LogP contribution in [0.4, 0.5) is 8.78 Å². The van der Waals surface area contributed by atoms with Crippen molar-refractivity contribution >= 4 is 5.78 Å². The highest BCUT2D eigenvalue weighted by molar-refractivity contribution is 5.99. The van der Waals surface area contributed by atoms with Gasteiger partial charge in [0.05, 0.1) is 18.8 Å². The maximum atomic E-state index is 13.4. The standard InChI is InChI=1S/C14H18F2O3/c1-3-6-18-7-8-19-10(2)14(17)12-5-4-11(15)9-13(12)16/h4-5,9-10H,3,6-8H2,1-2H3. The van der Waals surface area contributed by atoms with Crippen LogP contribution in [0.3, 0.4) is 0 Å². The van der Waals surface area contributed by atoms with E-state index in [1.54, 1.807) is 0 Å². The second kappa shape index (κ2) is 7.96. The zero-order valence-corrected chi connectivity index (χ0v) is 11.1. The third-order valence-electron chi connectivity index (χ3n) is 2.51. The molecule has 1 rings (SSSR count). The normalized spacial score (nSPS) is 12.4. The molecular formula is C14H18F2O3. The number of halogens is 2. The largest absolute Gasteiger partial charge is 0.379 e. The van der Waals surface area contributed by atoms with Crippen LogP contribution in [0.15, 0.2) is 18.2 Å². The summed E-state index contributed by atoms with van der Waals surface area (Å²) in [5, 5.41) is 0. The van der Waals surface area contributed by atoms with Gasteiger partial charge in [0.25, 0.3) is 0 Å². The van der Waals surface area contributed by atoms with Crippen LogP contribution >= 0.6 is 0 Å². The quantitative estimate of drug-likeness (QED) is 0.539. The van der Waals surface area contributed by atoms with Gasteiger partial charge < -0.3 is 9.47 Å². The maximum Gasteiger partial charge on any atom is 0.194 e. The zero-order valence-electron chi connectivity index (χ0n) is 11.1. The lowest BCUT2D eigenvalue weighted by atomic mass is 10.1. The van der Waals surface area contributed by atoms with Gasteiger partial charge >= 0.3 is 0 Å². The first kappa shape index (κ1) is 15.7. The fraction of sp³-hybridized carbons (Fsp3) is 0.500. The molecule has 1 unspecified atom stereocenters. The van der Waals surface area contributed by atoms with E-state index in [1.165, 1.54) is 6.92 Å². The minimum atomic E-state index is -0.873. The first-order valence-corrected chi connectivity index (χ1v) is 6.24. The molecule has 0 amide bonds. The van der Waals surface area contributed by atoms with Crippen molar-refractivity contribution in [3.05, 3.63) is 35.4 Å². The number of carbonyl (C=O) groups is 1. The number of rotatable bonds is 8. The Kier molecular flexibility index (Phi) is 6.59. The van der Waals surface area contributed by atoms with Crippen LogP contribution in [0.1, 0.15) is 30.6 Å². The molecule has 3 nitrogen and oxygen atoms in total. The van der Waals surface area contributed by atoms with Crippen molar-refractivity contribution < 1.29 is 23.0 Å². The third kappa shape index (κ3) is 5.04. The molecule has 0 aliphatic heterocycles. The summed E-state index contributed by atoms with van der Waals surface area (Å²) in [7, 11) is 0. The minimum absolute atomic E-state index is 0.164. The number of ketones is 1. The maximum absolute atomic E-state index is 13.4. The van der Waals surface area contributed by atoms with E-state index in [1.807, 2.05) is 6.92 Å². The summed E-state index contributed by atoms with van der Waals surface area (Å²) >= 11 is 0. The first-order valence-electron chi connectivity index (χ1n) is 6.24. The summed E-state index contributed by atoms with van der Waals surface area (Å²) in [4.78, 5) is 11.9. The average Bonchev–Trinajstić information content (AvgIpc) is 2.37. The van der Waals surface area contributed by atoms with Crippen molar-refractivity contribution in [1.29, 1.82) is 0 Å². The van der Waals surface area contributed by atoms with Crippen molar-refractivity contribution in [2.45, 2.75) is 26.4 Å². The van der Waals surface area contributed by atoms with Crippen molar-refractivity contribution in [2.24, 2.45) is 0 Å². The molecule has 1 aromatic rings. The highest BCUT2D eigenvalue weighted by Gasteiger charge is 2.19. The monoisotopic (exact) mass is 272 g/mol. The van der Waals surface area contributed by atoms with Gasteiger partial charge in [0.1, 0.15) is 17.7 Å². The fourth-order valence-electron chi connectivity index (χ4n) is 1.51. The number of carbonyl (C=O) groups excluding carboxylic acids is 1. The number of ether oxygens (including phenoxy) is 2. The lowest BCUT2D eigenvalue weighted by molar-refractivity contribution is 0.0148. The van der Waals surface area contributed by atoms with E-state index in [4.69, 9.17) is 9.47 Å². The number of hydrogen-bond donors (Lipinski definition) is 0. The van der Waals surface area contributed by atoms with Crippen LogP contribution in [-0.2, 0) is 9.47 Å². The van der Waals surface area contributed by atoms with Gasteiger partial charge in [-0.3, -0.25) is 4.79 Å². The fourth-order valence-corrected chi connectivity index (χ4v) is 1.51. The molecule has 5 heteroatoms. The lowest BCUT2D eigenvalue weighted by Gasteiger charge is -2.12. The van der Waals surface area contributed by atoms with Gasteiger partial charge in [-0.25, -0.2) is 8.78 Å². The van der Waals surface area contributed by atoms with E-state index in [2.05, 4.69) is 0 Å². The van der Waals surface area contributed by atoms with Gasteiger partial charge in [0.2, 0.25) is 0 Å². The average molecular weight is 272 g/mol. The van der Waals surface area contributed by atoms with Crippen LogP contribution in [0.5, 0.6) is 0 Å². The van der Waals surface area contributed by atoms with Gasteiger partial charge in [-0.15, -0.1) is 0 Å². The molecule has 0 saturated heterocycles. The van der Waals surface area contributed by atoms with Gasteiger partial charge in [0, 0.05) is 12.7 Å². The molecule has 0 radical (unpaired) electrons. The summed E-state index contributed by atoms with van der Waals surface area (Å²) < 4.78 is 36.6. The van der Waals surface area contributed by atoms with Gasteiger partial charge in [-0.2, -0.15) is 0 Å². The van der Waals surface area contributed by atoms with E-state index in [0.29, 0.717) is 19.3 Å². The molecular weight excluding hydrogens is 254 g/mol. The summed E-state index contributed by atoms with van der Waals surface area (Å²) in [6.45, 7) is 4.81. The molecule has 0 bridgehead atoms. The van der Waals surface area contributed by atoms with Gasteiger partial charge in [-0.05, 0) is 25.5 Å². The summed E-state index contributed by atoms with van der Waals surface area (Å²) in [6.07, 6.45) is 0.125. The van der Waals surface area contributed by atoms with Crippen molar-refractivity contribution in [3.63, 3.8) is 0 Å². The highest BCUT2D eigenvalue weighted by Crippen LogP contribution is 2.13. The molecule has 0 N–H and O–H groups in total. The Morgan fingerprint density at radius 2 is 2.00 bits per heavy atom. The number of hydrogen-bond acceptors (Lipinski definition) is 3. The summed E-state index contributed by atoms with van der Waals surface area (Å²) in [5.74, 6) is -2.09. The minimum Gasteiger partial charge on any atom is -0.379 e. The van der Waals surface area contributed by atoms with Crippen LogP contribution in [-0.4, -0.2) is 31.7 Å². The van der Waals surface area contributed by atoms with Crippen molar-refractivity contribution in [1.82, 2.24) is 0 Å². The topological polar surface area (TPSA) is 35.5 Å². The molecule has 0 aliphatic carbocycles. The van der Waals surface area contributed by atoms with E-state index in [-0.39, 0.29) is 12.2 Å². The second-order valence-corrected chi connectivity index (χ2v) is 4.11. The molecule has 106 valence electrons. The molecule has 0 aliphatic rings. The van der Waals surface area contributed by atoms with Crippen LogP contribution in [0, 0.1) is 11.6 Å². The van der Waals surface area contributed by atoms with Crippen molar-refractivity contribution in [3.8, 4) is 0 Å². The molecule has 0 heterocycles. The molecule has 19 heavy (non-hydrogen) atoms. The van der Waals surface area contributed by atoms with Gasteiger partial charge in [0.15, 0.2) is 5.78 Å². The molecule has 1 atom stereocenters. The van der Waals surface area contributed by atoms with Crippen molar-refractivity contribution in [2.75, 3.05) is 19.8 Å². The van der Waals surface area contributed by atoms with Gasteiger partial charge in [-0.1, -0.05) is 6.92 Å². The Bertz CT molecular complexity index is 421. The summed E-state index contributed by atoms with van der Waals surface area (Å²) in [5.41, 5.74) is -0.164. The van der Waals surface area contributed by atoms with E-state index in [0.717, 1.165) is 18.6 Å². The first-order chi connectivity index (χ1) is 9.06. The lowest BCUT2D eigenvalue weighted by Crippen LogP contribution is -2.24. The predicted molar refractivity (Wildman–Crippen MR) is 67.2 cm³/mol. The second-order valence-electron chi connectivity index (χ2n) is 4.11. The number of benzene rings is 1. The molecule has 1 aromatic carbocycles. The molecule has 0 fully saturated rings. The Morgan fingerprint density at radius 3 is 2.63 bits per heavy atom. The Hall–Kier alpha value is -1.33. The molecule has 0 aromatic heterocycles. The third-order valence-corrected chi connectivity index (χ3v) is 2.51. The van der Waals surface area contributed by atoms with E-state index in [9.17, 15) is 13.6 Å². The van der Waals surface area contributed by atoms with Crippen LogP contribution in [0.25, 0.3) is 0 Å². The smallest absolute Gasteiger partial charge is 0.194 e.